The molecule has 0 saturated carbocycles. The van der Waals surface area contributed by atoms with E-state index in [9.17, 15) is 0 Å². The fourth-order valence-corrected chi connectivity index (χ4v) is 6.68. The minimum Gasteiger partial charge on any atom is -0.456 e. The van der Waals surface area contributed by atoms with Gasteiger partial charge in [-0.1, -0.05) is 116 Å². The molecule has 0 radical (unpaired) electrons. The third-order valence-corrected chi connectivity index (χ3v) is 9.18. The van der Waals surface area contributed by atoms with Crippen LogP contribution in [0, 0.1) is 0 Å². The molecule has 0 unspecified atom stereocenters. The van der Waals surface area contributed by atoms with Crippen molar-refractivity contribution in [3.05, 3.63) is 174 Å². The summed E-state index contributed by atoms with van der Waals surface area (Å²) in [6.45, 7) is 6.44. The zero-order valence-electron chi connectivity index (χ0n) is 26.4. The van der Waals surface area contributed by atoms with Gasteiger partial charge < -0.3 is 4.42 Å². The van der Waals surface area contributed by atoms with Crippen molar-refractivity contribution in [1.29, 1.82) is 0 Å². The van der Waals surface area contributed by atoms with Gasteiger partial charge in [-0.3, -0.25) is 0 Å². The Balaban J connectivity index is 1.22. The Bertz CT molecular complexity index is 2340. The minimum absolute atomic E-state index is 0.639. The number of para-hydroxylation sites is 1. The Hall–Kier alpha value is -5.80. The number of benzene rings is 6. The number of fused-ring (bicyclic) bond motifs is 6. The van der Waals surface area contributed by atoms with E-state index in [1.807, 2.05) is 49.4 Å². The monoisotopic (exact) mass is 606 g/mol. The standard InChI is InChI=1S/C44H34N2O/c1-29(31-12-5-3-6-13-31)45-44(46-30(2)34-22-25-40-39-18-9-10-19-42(39)47-43(40)28-34)37-23-24-38-36(26-37)17-11-16-33-20-21-35(27-41(33)38)32-14-7-4-8-15-32/h3-10,12-15,18-28H,2,11,16-17H2,1H3. The number of hydrogen-bond donors (Lipinski definition) is 0. The van der Waals surface area contributed by atoms with E-state index in [1.165, 1.54) is 33.4 Å². The van der Waals surface area contributed by atoms with Crippen molar-refractivity contribution in [1.82, 2.24) is 0 Å². The van der Waals surface area contributed by atoms with Gasteiger partial charge in [0.25, 0.3) is 0 Å². The van der Waals surface area contributed by atoms with Gasteiger partial charge in [0.1, 0.15) is 11.2 Å². The molecule has 3 heteroatoms. The molecule has 1 aliphatic rings. The number of aliphatic imine (C=N–C) groups is 2. The summed E-state index contributed by atoms with van der Waals surface area (Å²) in [7, 11) is 0. The molecule has 3 nitrogen and oxygen atoms in total. The maximum atomic E-state index is 6.18. The molecule has 47 heavy (non-hydrogen) atoms. The van der Waals surface area contributed by atoms with Crippen molar-refractivity contribution in [2.45, 2.75) is 26.2 Å². The first-order valence-electron chi connectivity index (χ1n) is 16.2. The molecular weight excluding hydrogens is 572 g/mol. The first-order chi connectivity index (χ1) is 23.1. The molecule has 0 atom stereocenters. The van der Waals surface area contributed by atoms with Crippen LogP contribution in [0.15, 0.2) is 161 Å². The Morgan fingerprint density at radius 3 is 2.13 bits per heavy atom. The second-order valence-electron chi connectivity index (χ2n) is 12.2. The van der Waals surface area contributed by atoms with Gasteiger partial charge in [-0.15, -0.1) is 0 Å². The molecule has 1 aromatic heterocycles. The van der Waals surface area contributed by atoms with E-state index in [0.29, 0.717) is 11.5 Å². The summed E-state index contributed by atoms with van der Waals surface area (Å²) in [4.78, 5) is 10.2. The van der Waals surface area contributed by atoms with Crippen LogP contribution in [0.4, 0.5) is 0 Å². The van der Waals surface area contributed by atoms with Crippen LogP contribution < -0.4 is 0 Å². The van der Waals surface area contributed by atoms with Gasteiger partial charge in [-0.05, 0) is 95.5 Å². The van der Waals surface area contributed by atoms with E-state index in [0.717, 1.165) is 63.6 Å². The number of rotatable bonds is 5. The summed E-state index contributed by atoms with van der Waals surface area (Å²) in [5.74, 6) is 0.645. The van der Waals surface area contributed by atoms with Gasteiger partial charge in [0.05, 0.1) is 5.70 Å². The summed E-state index contributed by atoms with van der Waals surface area (Å²) in [6, 6.07) is 48.8. The smallest absolute Gasteiger partial charge is 0.160 e. The summed E-state index contributed by atoms with van der Waals surface area (Å²) in [5.41, 5.74) is 14.0. The van der Waals surface area contributed by atoms with Crippen LogP contribution in [-0.4, -0.2) is 11.5 Å². The predicted octanol–water partition coefficient (Wildman–Crippen LogP) is 11.3. The van der Waals surface area contributed by atoms with Gasteiger partial charge >= 0.3 is 0 Å². The first kappa shape index (κ1) is 28.7. The maximum Gasteiger partial charge on any atom is 0.160 e. The van der Waals surface area contributed by atoms with E-state index >= 15 is 0 Å². The topological polar surface area (TPSA) is 37.9 Å². The quantitative estimate of drug-likeness (QED) is 0.142. The molecule has 226 valence electrons. The van der Waals surface area contributed by atoms with Crippen molar-refractivity contribution in [2.75, 3.05) is 0 Å². The third kappa shape index (κ3) is 5.62. The van der Waals surface area contributed by atoms with Crippen molar-refractivity contribution in [3.8, 4) is 22.3 Å². The van der Waals surface area contributed by atoms with Crippen LogP contribution in [-0.2, 0) is 12.8 Å². The largest absolute Gasteiger partial charge is 0.456 e. The van der Waals surface area contributed by atoms with Gasteiger partial charge in [0, 0.05) is 27.6 Å². The molecule has 0 saturated heterocycles. The Morgan fingerprint density at radius 2 is 1.28 bits per heavy atom. The van der Waals surface area contributed by atoms with Crippen LogP contribution in [0.2, 0.25) is 0 Å². The average molecular weight is 607 g/mol. The zero-order chi connectivity index (χ0) is 31.7. The molecule has 0 bridgehead atoms. The summed E-state index contributed by atoms with van der Waals surface area (Å²) >= 11 is 0. The fraction of sp³-hybridized carbons (Fsp3) is 0.0909. The molecule has 0 aliphatic heterocycles. The molecule has 0 amide bonds. The highest BCUT2D eigenvalue weighted by molar-refractivity contribution is 6.13. The van der Waals surface area contributed by atoms with Gasteiger partial charge in [0.2, 0.25) is 0 Å². The third-order valence-electron chi connectivity index (χ3n) is 9.18. The minimum atomic E-state index is 0.639. The molecular formula is C44H34N2O. The highest BCUT2D eigenvalue weighted by Gasteiger charge is 2.18. The van der Waals surface area contributed by atoms with Gasteiger partial charge in [0.15, 0.2) is 5.84 Å². The van der Waals surface area contributed by atoms with Crippen molar-refractivity contribution in [3.63, 3.8) is 0 Å². The van der Waals surface area contributed by atoms with E-state index in [1.54, 1.807) is 0 Å². The molecule has 8 rings (SSSR count). The SMILES string of the molecule is C=C(N=C(N=C(C)c1ccccc1)c1ccc2c(c1)CCCc1ccc(-c3ccccc3)cc1-2)c1ccc2c(c1)oc1ccccc12. The molecule has 6 aromatic carbocycles. The van der Waals surface area contributed by atoms with E-state index in [-0.39, 0.29) is 0 Å². The molecule has 1 aliphatic carbocycles. The number of nitrogens with zero attached hydrogens (tertiary/aromatic N) is 2. The average Bonchev–Trinajstić information content (AvgIpc) is 3.40. The summed E-state index contributed by atoms with van der Waals surface area (Å²) < 4.78 is 6.18. The van der Waals surface area contributed by atoms with Crippen LogP contribution in [0.25, 0.3) is 49.9 Å². The number of furan rings is 1. The molecule has 1 heterocycles. The van der Waals surface area contributed by atoms with Crippen LogP contribution in [0.3, 0.4) is 0 Å². The lowest BCUT2D eigenvalue weighted by Gasteiger charge is -2.14. The number of hydrogen-bond acceptors (Lipinski definition) is 2. The lowest BCUT2D eigenvalue weighted by Crippen LogP contribution is -2.05. The zero-order valence-corrected chi connectivity index (χ0v) is 26.4. The van der Waals surface area contributed by atoms with Gasteiger partial charge in [-0.25, -0.2) is 9.98 Å². The lowest BCUT2D eigenvalue weighted by molar-refractivity contribution is 0.669. The molecule has 0 spiro atoms. The second kappa shape index (κ2) is 12.2. The van der Waals surface area contributed by atoms with Gasteiger partial charge in [-0.2, -0.15) is 0 Å². The van der Waals surface area contributed by atoms with E-state index in [4.69, 9.17) is 14.4 Å². The summed E-state index contributed by atoms with van der Waals surface area (Å²) in [5, 5.41) is 2.19. The highest BCUT2D eigenvalue weighted by Crippen LogP contribution is 2.37. The van der Waals surface area contributed by atoms with Crippen molar-refractivity contribution >= 4 is 39.2 Å². The highest BCUT2D eigenvalue weighted by atomic mass is 16.3. The Labute approximate surface area is 275 Å². The lowest BCUT2D eigenvalue weighted by atomic mass is 9.92. The number of aryl methyl sites for hydroxylation is 2. The molecule has 0 fully saturated rings. The van der Waals surface area contributed by atoms with Crippen molar-refractivity contribution < 1.29 is 4.42 Å². The van der Waals surface area contributed by atoms with Crippen LogP contribution in [0.5, 0.6) is 0 Å². The Kier molecular flexibility index (Phi) is 7.43. The Morgan fingerprint density at radius 1 is 0.553 bits per heavy atom. The first-order valence-corrected chi connectivity index (χ1v) is 16.2. The maximum absolute atomic E-state index is 6.18. The van der Waals surface area contributed by atoms with Crippen LogP contribution in [0.1, 0.15) is 41.2 Å². The van der Waals surface area contributed by atoms with Crippen molar-refractivity contribution in [2.24, 2.45) is 9.98 Å². The molecule has 0 N–H and O–H groups in total. The number of amidine groups is 1. The van der Waals surface area contributed by atoms with E-state index in [2.05, 4.69) is 104 Å². The second-order valence-corrected chi connectivity index (χ2v) is 12.2. The fourth-order valence-electron chi connectivity index (χ4n) is 6.68. The normalized spacial score (nSPS) is 13.3. The predicted molar refractivity (Wildman–Crippen MR) is 197 cm³/mol. The van der Waals surface area contributed by atoms with Crippen LogP contribution >= 0.6 is 0 Å². The molecule has 7 aromatic rings. The van der Waals surface area contributed by atoms with E-state index < -0.39 is 0 Å². The summed E-state index contributed by atoms with van der Waals surface area (Å²) in [6.07, 6.45) is 3.15.